The zero-order valence-corrected chi connectivity index (χ0v) is 11.0. The topological polar surface area (TPSA) is 59.5 Å². The highest BCUT2D eigenvalue weighted by Crippen LogP contribution is 2.16. The van der Waals surface area contributed by atoms with Crippen molar-refractivity contribution in [2.45, 2.75) is 40.2 Å². The van der Waals surface area contributed by atoms with Gasteiger partial charge in [-0.15, -0.1) is 0 Å². The molecule has 0 bridgehead atoms. The maximum absolute atomic E-state index is 11.0. The Bertz CT molecular complexity index is 371. The average Bonchev–Trinajstić information content (AvgIpc) is 2.66. The Morgan fingerprint density at radius 3 is 2.65 bits per heavy atom. The average molecular weight is 238 g/mol. The lowest BCUT2D eigenvalue weighted by atomic mass is 10.2. The van der Waals surface area contributed by atoms with Crippen molar-refractivity contribution in [3.63, 3.8) is 0 Å². The van der Waals surface area contributed by atoms with E-state index in [2.05, 4.69) is 18.7 Å². The van der Waals surface area contributed by atoms with Gasteiger partial charge in [0.25, 0.3) is 5.91 Å². The summed E-state index contributed by atoms with van der Waals surface area (Å²) in [6.07, 6.45) is 2.38. The molecule has 2 N–H and O–H groups in total. The quantitative estimate of drug-likeness (QED) is 0.793. The van der Waals surface area contributed by atoms with Crippen LogP contribution in [0.25, 0.3) is 0 Å². The predicted molar refractivity (Wildman–Crippen MR) is 67.8 cm³/mol. The van der Waals surface area contributed by atoms with Gasteiger partial charge in [0.05, 0.1) is 0 Å². The van der Waals surface area contributed by atoms with Crippen LogP contribution in [0.1, 0.15) is 48.6 Å². The highest BCUT2D eigenvalue weighted by molar-refractivity contribution is 5.90. The van der Waals surface area contributed by atoms with Crippen LogP contribution in [0.2, 0.25) is 0 Å². The molecule has 17 heavy (non-hydrogen) atoms. The molecule has 0 aliphatic rings. The number of nitrogens with two attached hydrogens (primary N) is 1. The molecule has 0 spiro atoms. The first-order valence-electron chi connectivity index (χ1n) is 6.19. The first kappa shape index (κ1) is 13.8. The minimum absolute atomic E-state index is 0.254. The summed E-state index contributed by atoms with van der Waals surface area (Å²) in [5.41, 5.74) is 6.25. The summed E-state index contributed by atoms with van der Waals surface area (Å²) in [5, 5.41) is 0. The Kier molecular flexibility index (Phi) is 5.22. The number of rotatable bonds is 7. The van der Waals surface area contributed by atoms with Gasteiger partial charge in [-0.05, 0) is 32.5 Å². The first-order chi connectivity index (χ1) is 8.08. The number of unbranched alkanes of at least 4 members (excludes halogenated alkanes) is 1. The predicted octanol–water partition coefficient (Wildman–Crippen LogP) is 2.31. The molecule has 4 nitrogen and oxygen atoms in total. The lowest BCUT2D eigenvalue weighted by Gasteiger charge is -2.19. The second-order valence-corrected chi connectivity index (χ2v) is 4.28. The maximum Gasteiger partial charge on any atom is 0.284 e. The van der Waals surface area contributed by atoms with Crippen molar-refractivity contribution in [3.05, 3.63) is 23.2 Å². The van der Waals surface area contributed by atoms with Crippen molar-refractivity contribution in [1.29, 1.82) is 0 Å². The van der Waals surface area contributed by atoms with Crippen LogP contribution in [0.3, 0.4) is 0 Å². The number of hydrogen-bond acceptors (Lipinski definition) is 3. The van der Waals surface area contributed by atoms with E-state index >= 15 is 0 Å². The molecule has 0 aliphatic heterocycles. The van der Waals surface area contributed by atoms with Gasteiger partial charge < -0.3 is 10.2 Å². The van der Waals surface area contributed by atoms with Crippen LogP contribution >= 0.6 is 0 Å². The molecule has 0 aliphatic carbocycles. The van der Waals surface area contributed by atoms with E-state index in [-0.39, 0.29) is 5.76 Å². The number of aryl methyl sites for hydroxylation is 1. The van der Waals surface area contributed by atoms with Crippen molar-refractivity contribution in [2.75, 3.05) is 13.1 Å². The lowest BCUT2D eigenvalue weighted by molar-refractivity contribution is 0.0972. The van der Waals surface area contributed by atoms with Gasteiger partial charge in [0, 0.05) is 12.1 Å². The third kappa shape index (κ3) is 3.89. The van der Waals surface area contributed by atoms with Crippen LogP contribution in [0.15, 0.2) is 10.5 Å². The first-order valence-corrected chi connectivity index (χ1v) is 6.19. The van der Waals surface area contributed by atoms with E-state index in [1.54, 1.807) is 6.07 Å². The summed E-state index contributed by atoms with van der Waals surface area (Å²) in [6.45, 7) is 9.08. The van der Waals surface area contributed by atoms with Crippen LogP contribution < -0.4 is 5.73 Å². The van der Waals surface area contributed by atoms with E-state index in [0.29, 0.717) is 0 Å². The summed E-state index contributed by atoms with van der Waals surface area (Å²) in [7, 11) is 0. The van der Waals surface area contributed by atoms with Crippen LogP contribution in [0, 0.1) is 6.92 Å². The lowest BCUT2D eigenvalue weighted by Crippen LogP contribution is -2.24. The van der Waals surface area contributed by atoms with Gasteiger partial charge in [-0.25, -0.2) is 0 Å². The van der Waals surface area contributed by atoms with E-state index in [1.165, 1.54) is 12.8 Å². The summed E-state index contributed by atoms with van der Waals surface area (Å²) in [5.74, 6) is 0.536. The Labute approximate surface area is 103 Å². The zero-order valence-electron chi connectivity index (χ0n) is 11.0. The van der Waals surface area contributed by atoms with Gasteiger partial charge in [-0.2, -0.15) is 0 Å². The van der Waals surface area contributed by atoms with Crippen molar-refractivity contribution < 1.29 is 9.21 Å². The second-order valence-electron chi connectivity index (χ2n) is 4.28. The molecule has 0 saturated heterocycles. The molecule has 0 atom stereocenters. The smallest absolute Gasteiger partial charge is 0.284 e. The molecular weight excluding hydrogens is 216 g/mol. The van der Waals surface area contributed by atoms with Crippen LogP contribution in [-0.2, 0) is 6.54 Å². The molecule has 1 aromatic heterocycles. The third-order valence-corrected chi connectivity index (χ3v) is 2.93. The number of furan rings is 1. The Balaban J connectivity index is 2.68. The van der Waals surface area contributed by atoms with Crippen molar-refractivity contribution >= 4 is 5.91 Å². The highest BCUT2D eigenvalue weighted by Gasteiger charge is 2.13. The fourth-order valence-corrected chi connectivity index (χ4v) is 1.77. The SMILES string of the molecule is CCCCN(CC)Cc1cc(C(N)=O)oc1C. The molecule has 0 unspecified atom stereocenters. The van der Waals surface area contributed by atoms with Crippen molar-refractivity contribution in [1.82, 2.24) is 4.90 Å². The van der Waals surface area contributed by atoms with Gasteiger partial charge >= 0.3 is 0 Å². The molecule has 96 valence electrons. The second kappa shape index (κ2) is 6.45. The number of carbonyl (C=O) groups is 1. The molecule has 0 radical (unpaired) electrons. The van der Waals surface area contributed by atoms with Gasteiger partial charge in [0.2, 0.25) is 0 Å². The molecule has 1 rings (SSSR count). The highest BCUT2D eigenvalue weighted by atomic mass is 16.3. The van der Waals surface area contributed by atoms with E-state index < -0.39 is 5.91 Å². The van der Waals surface area contributed by atoms with Gasteiger partial charge in [-0.3, -0.25) is 9.69 Å². The number of primary amides is 1. The Morgan fingerprint density at radius 2 is 2.18 bits per heavy atom. The van der Waals surface area contributed by atoms with Crippen molar-refractivity contribution in [2.24, 2.45) is 5.73 Å². The minimum Gasteiger partial charge on any atom is -0.456 e. The minimum atomic E-state index is -0.504. The van der Waals surface area contributed by atoms with Crippen LogP contribution in [-0.4, -0.2) is 23.9 Å². The van der Waals surface area contributed by atoms with E-state index in [9.17, 15) is 4.79 Å². The summed E-state index contributed by atoms with van der Waals surface area (Å²) < 4.78 is 5.32. The largest absolute Gasteiger partial charge is 0.456 e. The van der Waals surface area contributed by atoms with E-state index in [4.69, 9.17) is 10.2 Å². The summed E-state index contributed by atoms with van der Waals surface area (Å²) in [4.78, 5) is 13.3. The normalized spacial score (nSPS) is 11.1. The third-order valence-electron chi connectivity index (χ3n) is 2.93. The molecular formula is C13H22N2O2. The molecule has 1 aromatic rings. The monoisotopic (exact) mass is 238 g/mol. The molecule has 1 amide bonds. The maximum atomic E-state index is 11.0. The summed E-state index contributed by atoms with van der Waals surface area (Å²) in [6, 6.07) is 1.76. The van der Waals surface area contributed by atoms with E-state index in [1.807, 2.05) is 6.92 Å². The Morgan fingerprint density at radius 1 is 1.47 bits per heavy atom. The molecule has 0 saturated carbocycles. The molecule has 4 heteroatoms. The zero-order chi connectivity index (χ0) is 12.8. The number of amides is 1. The number of hydrogen-bond donors (Lipinski definition) is 1. The van der Waals surface area contributed by atoms with Crippen LogP contribution in [0.5, 0.6) is 0 Å². The van der Waals surface area contributed by atoms with Crippen LogP contribution in [0.4, 0.5) is 0 Å². The van der Waals surface area contributed by atoms with E-state index in [0.717, 1.165) is 31.0 Å². The van der Waals surface area contributed by atoms with Gasteiger partial charge in [0.1, 0.15) is 5.76 Å². The van der Waals surface area contributed by atoms with Gasteiger partial charge in [0.15, 0.2) is 5.76 Å². The number of nitrogens with zero attached hydrogens (tertiary/aromatic N) is 1. The van der Waals surface area contributed by atoms with Gasteiger partial charge in [-0.1, -0.05) is 20.3 Å². The molecule has 0 aromatic carbocycles. The molecule has 1 heterocycles. The Hall–Kier alpha value is -1.29. The fourth-order valence-electron chi connectivity index (χ4n) is 1.77. The molecule has 0 fully saturated rings. The standard InChI is InChI=1S/C13H22N2O2/c1-4-6-7-15(5-2)9-11-8-12(13(14)16)17-10(11)3/h8H,4-7,9H2,1-3H3,(H2,14,16). The number of carbonyl (C=O) groups excluding carboxylic acids is 1. The van der Waals surface area contributed by atoms with Crippen molar-refractivity contribution in [3.8, 4) is 0 Å². The fraction of sp³-hybridized carbons (Fsp3) is 0.615. The summed E-state index contributed by atoms with van der Waals surface area (Å²) >= 11 is 0.